The quantitative estimate of drug-likeness (QED) is 0.457. The Morgan fingerprint density at radius 1 is 0.947 bits per heavy atom. The Labute approximate surface area is 227 Å². The van der Waals surface area contributed by atoms with E-state index in [2.05, 4.69) is 23.4 Å². The highest BCUT2D eigenvalue weighted by atomic mass is 16.6. The number of oxime groups is 1. The third kappa shape index (κ3) is 7.74. The van der Waals surface area contributed by atoms with E-state index in [9.17, 15) is 9.59 Å². The Morgan fingerprint density at radius 2 is 1.63 bits per heavy atom. The van der Waals surface area contributed by atoms with Crippen molar-refractivity contribution in [2.45, 2.75) is 71.3 Å². The molecule has 0 spiro atoms. The molecule has 2 heterocycles. The fraction of sp³-hybridized carbons (Fsp3) is 0.633. The van der Waals surface area contributed by atoms with E-state index in [0.29, 0.717) is 25.6 Å². The van der Waals surface area contributed by atoms with Crippen LogP contribution in [0.1, 0.15) is 71.3 Å². The molecule has 0 bridgehead atoms. The number of hydrogen-bond donors (Lipinski definition) is 0. The monoisotopic (exact) mass is 525 g/mol. The van der Waals surface area contributed by atoms with E-state index in [1.54, 1.807) is 12.0 Å². The number of allylic oxidation sites excluding steroid dienone is 2. The lowest BCUT2D eigenvalue weighted by atomic mass is 9.85. The smallest absolute Gasteiger partial charge is 0.410 e. The Hall–Kier alpha value is -3.03. The third-order valence-corrected chi connectivity index (χ3v) is 7.61. The van der Waals surface area contributed by atoms with E-state index in [4.69, 9.17) is 14.3 Å². The van der Waals surface area contributed by atoms with Gasteiger partial charge in [0.1, 0.15) is 18.5 Å². The third-order valence-electron chi connectivity index (χ3n) is 7.61. The summed E-state index contributed by atoms with van der Waals surface area (Å²) >= 11 is 0. The van der Waals surface area contributed by atoms with E-state index >= 15 is 0 Å². The number of carbonyl (C=O) groups excluding carboxylic acids is 2. The predicted octanol–water partition coefficient (Wildman–Crippen LogP) is 5.52. The van der Waals surface area contributed by atoms with Crippen molar-refractivity contribution in [2.24, 2.45) is 17.0 Å². The second-order valence-electron chi connectivity index (χ2n) is 11.6. The fourth-order valence-electron chi connectivity index (χ4n) is 5.37. The van der Waals surface area contributed by atoms with E-state index in [1.807, 2.05) is 37.8 Å². The average Bonchev–Trinajstić information content (AvgIpc) is 2.92. The summed E-state index contributed by atoms with van der Waals surface area (Å²) in [6.07, 6.45) is 8.05. The number of hydrogen-bond acceptors (Lipinski definition) is 6. The minimum Gasteiger partial charge on any atom is -0.493 e. The molecule has 2 saturated heterocycles. The highest BCUT2D eigenvalue weighted by Crippen LogP contribution is 2.32. The van der Waals surface area contributed by atoms with Crippen molar-refractivity contribution in [2.75, 3.05) is 39.9 Å². The van der Waals surface area contributed by atoms with Crippen LogP contribution >= 0.6 is 0 Å². The second kappa shape index (κ2) is 12.7. The lowest BCUT2D eigenvalue weighted by Gasteiger charge is -2.33. The first-order valence-electron chi connectivity index (χ1n) is 14.0. The molecule has 2 aliphatic heterocycles. The maximum atomic E-state index is 13.0. The summed E-state index contributed by atoms with van der Waals surface area (Å²) in [5.74, 6) is 1.65. The van der Waals surface area contributed by atoms with Gasteiger partial charge in [-0.2, -0.15) is 0 Å². The number of amides is 2. The molecule has 1 aromatic carbocycles. The number of benzene rings is 1. The molecule has 2 fully saturated rings. The first-order valence-corrected chi connectivity index (χ1v) is 14.0. The number of nitrogens with zero attached hydrogens (tertiary/aromatic N) is 3. The number of carbonyl (C=O) groups is 2. The molecular formula is C30H43N3O5. The van der Waals surface area contributed by atoms with Crippen LogP contribution in [0.25, 0.3) is 5.57 Å². The van der Waals surface area contributed by atoms with Crippen LogP contribution in [0.15, 0.2) is 35.5 Å². The molecule has 208 valence electrons. The van der Waals surface area contributed by atoms with Crippen molar-refractivity contribution >= 4 is 23.3 Å². The van der Waals surface area contributed by atoms with Gasteiger partial charge in [-0.05, 0) is 82.1 Å². The van der Waals surface area contributed by atoms with Gasteiger partial charge in [-0.15, -0.1) is 0 Å². The summed E-state index contributed by atoms with van der Waals surface area (Å²) in [5.41, 5.74) is 3.09. The van der Waals surface area contributed by atoms with Crippen LogP contribution in [0.2, 0.25) is 0 Å². The van der Waals surface area contributed by atoms with Crippen LogP contribution in [-0.2, 0) is 14.4 Å². The zero-order chi connectivity index (χ0) is 27.1. The predicted molar refractivity (Wildman–Crippen MR) is 148 cm³/mol. The molecule has 1 aromatic rings. The normalized spacial score (nSPS) is 21.0. The van der Waals surface area contributed by atoms with Crippen LogP contribution in [0.4, 0.5) is 4.79 Å². The van der Waals surface area contributed by atoms with Crippen LogP contribution in [-0.4, -0.2) is 73.0 Å². The fourth-order valence-corrected chi connectivity index (χ4v) is 5.37. The first kappa shape index (κ1) is 28.0. The molecule has 0 radical (unpaired) electrons. The lowest BCUT2D eigenvalue weighted by molar-refractivity contribution is -0.135. The molecule has 1 aliphatic carbocycles. The van der Waals surface area contributed by atoms with Crippen LogP contribution in [0.3, 0.4) is 0 Å². The molecule has 4 rings (SSSR count). The Bertz CT molecular complexity index is 1010. The maximum absolute atomic E-state index is 13.0. The Morgan fingerprint density at radius 3 is 2.21 bits per heavy atom. The summed E-state index contributed by atoms with van der Waals surface area (Å²) in [4.78, 5) is 33.9. The van der Waals surface area contributed by atoms with Crippen molar-refractivity contribution in [1.82, 2.24) is 9.80 Å². The van der Waals surface area contributed by atoms with Gasteiger partial charge in [0.05, 0.1) is 12.3 Å². The van der Waals surface area contributed by atoms with E-state index in [-0.39, 0.29) is 17.9 Å². The largest absolute Gasteiger partial charge is 0.493 e. The molecule has 1 atom stereocenters. The van der Waals surface area contributed by atoms with Crippen LogP contribution < -0.4 is 4.74 Å². The molecule has 0 aromatic heterocycles. The average molecular weight is 526 g/mol. The van der Waals surface area contributed by atoms with Gasteiger partial charge in [0.2, 0.25) is 5.91 Å². The second-order valence-corrected chi connectivity index (χ2v) is 11.6. The molecule has 38 heavy (non-hydrogen) atoms. The van der Waals surface area contributed by atoms with Gasteiger partial charge in [0.15, 0.2) is 0 Å². The topological polar surface area (TPSA) is 80.7 Å². The standard InChI is InChI=1S/C30H43N3O5/c1-30(2,3)38-29(35)33-17-13-22(14-18-33)21-37-27-11-9-24(10-12-27)23-5-7-25(8-6-23)28(34)32-19-15-26(16-20-32)31-36-4/h5,9-12,22,25H,6-8,13-21H2,1-4H3. The highest BCUT2D eigenvalue weighted by Gasteiger charge is 2.29. The van der Waals surface area contributed by atoms with Gasteiger partial charge in [-0.3, -0.25) is 4.79 Å². The van der Waals surface area contributed by atoms with Crippen molar-refractivity contribution in [3.8, 4) is 5.75 Å². The van der Waals surface area contributed by atoms with E-state index in [1.165, 1.54) is 11.1 Å². The van der Waals surface area contributed by atoms with Crippen molar-refractivity contribution in [1.29, 1.82) is 0 Å². The van der Waals surface area contributed by atoms with Gasteiger partial charge in [0.25, 0.3) is 0 Å². The van der Waals surface area contributed by atoms with Gasteiger partial charge in [-0.25, -0.2) is 4.79 Å². The Kier molecular flexibility index (Phi) is 9.34. The van der Waals surface area contributed by atoms with Crippen molar-refractivity contribution in [3.05, 3.63) is 35.9 Å². The summed E-state index contributed by atoms with van der Waals surface area (Å²) < 4.78 is 11.6. The number of piperidine rings is 2. The maximum Gasteiger partial charge on any atom is 0.410 e. The molecule has 1 unspecified atom stereocenters. The molecular weight excluding hydrogens is 482 g/mol. The van der Waals surface area contributed by atoms with Crippen LogP contribution in [0.5, 0.6) is 5.75 Å². The van der Waals surface area contributed by atoms with Crippen LogP contribution in [0, 0.1) is 11.8 Å². The number of rotatable bonds is 6. The van der Waals surface area contributed by atoms with Gasteiger partial charge >= 0.3 is 6.09 Å². The lowest BCUT2D eigenvalue weighted by Crippen LogP contribution is -2.42. The summed E-state index contributed by atoms with van der Waals surface area (Å²) in [6, 6.07) is 8.32. The summed E-state index contributed by atoms with van der Waals surface area (Å²) in [5, 5.41) is 4.04. The SMILES string of the molecule is CON=C1CCN(C(=O)C2CC=C(c3ccc(OCC4CCN(C(=O)OC(C)(C)C)CC4)cc3)CC2)CC1. The Balaban J connectivity index is 1.19. The number of likely N-dealkylation sites (tertiary alicyclic amines) is 2. The van der Waals surface area contributed by atoms with Gasteiger partial charge < -0.3 is 24.1 Å². The molecule has 0 saturated carbocycles. The molecule has 3 aliphatic rings. The van der Waals surface area contributed by atoms with Gasteiger partial charge in [-0.1, -0.05) is 23.4 Å². The van der Waals surface area contributed by atoms with E-state index < -0.39 is 5.60 Å². The minimum atomic E-state index is -0.464. The van der Waals surface area contributed by atoms with E-state index in [0.717, 1.165) is 69.5 Å². The minimum absolute atomic E-state index is 0.0732. The van der Waals surface area contributed by atoms with Gasteiger partial charge in [0, 0.05) is 44.9 Å². The zero-order valence-electron chi connectivity index (χ0n) is 23.4. The number of ether oxygens (including phenoxy) is 2. The molecule has 0 N–H and O–H groups in total. The van der Waals surface area contributed by atoms with Crippen molar-refractivity contribution in [3.63, 3.8) is 0 Å². The molecule has 8 heteroatoms. The molecule has 8 nitrogen and oxygen atoms in total. The first-order chi connectivity index (χ1) is 18.2. The summed E-state index contributed by atoms with van der Waals surface area (Å²) in [7, 11) is 1.57. The molecule has 2 amide bonds. The summed E-state index contributed by atoms with van der Waals surface area (Å²) in [6.45, 7) is 9.22. The highest BCUT2D eigenvalue weighted by molar-refractivity contribution is 5.88. The van der Waals surface area contributed by atoms with Crippen molar-refractivity contribution < 1.29 is 23.9 Å². The zero-order valence-corrected chi connectivity index (χ0v) is 23.4.